The number of aryl methyl sites for hydroxylation is 1. The van der Waals surface area contributed by atoms with Gasteiger partial charge in [-0.2, -0.15) is 0 Å². The van der Waals surface area contributed by atoms with Gasteiger partial charge in [0.1, 0.15) is 11.3 Å². The smallest absolute Gasteiger partial charge is 0.339 e. The van der Waals surface area contributed by atoms with Crippen LogP contribution < -0.4 is 10.1 Å². The first-order valence-corrected chi connectivity index (χ1v) is 9.78. The lowest BCUT2D eigenvalue weighted by atomic mass is 9.87. The Morgan fingerprint density at radius 1 is 1.24 bits per heavy atom. The molecule has 29 heavy (non-hydrogen) atoms. The summed E-state index contributed by atoms with van der Waals surface area (Å²) < 4.78 is 5.07. The molecule has 4 rings (SSSR count). The molecule has 0 aliphatic heterocycles. The molecule has 2 aromatic carbocycles. The van der Waals surface area contributed by atoms with Gasteiger partial charge in [0.25, 0.3) is 5.91 Å². The molecule has 0 spiro atoms. The molecule has 6 nitrogen and oxygen atoms in total. The monoisotopic (exact) mass is 392 g/mol. The number of nitrogens with one attached hydrogen (secondary N) is 2. The molecular formula is C23H24N2O4. The normalized spacial score (nSPS) is 15.7. The van der Waals surface area contributed by atoms with Gasteiger partial charge in [-0.25, -0.2) is 4.79 Å². The molecule has 3 aromatic rings. The molecule has 0 bridgehead atoms. The summed E-state index contributed by atoms with van der Waals surface area (Å²) in [5, 5.41) is 13.3. The third-order valence-corrected chi connectivity index (χ3v) is 5.64. The number of H-pyrrole nitrogens is 1. The number of methoxy groups -OCH3 is 1. The lowest BCUT2D eigenvalue weighted by Gasteiger charge is -2.18. The molecule has 0 saturated heterocycles. The van der Waals surface area contributed by atoms with Crippen molar-refractivity contribution in [2.75, 3.05) is 7.11 Å². The minimum atomic E-state index is -1.06. The van der Waals surface area contributed by atoms with Crippen molar-refractivity contribution in [3.8, 4) is 5.75 Å². The van der Waals surface area contributed by atoms with E-state index in [9.17, 15) is 14.7 Å². The number of carboxylic acids is 1. The van der Waals surface area contributed by atoms with Crippen molar-refractivity contribution < 1.29 is 19.4 Å². The predicted octanol–water partition coefficient (Wildman–Crippen LogP) is 3.93. The fourth-order valence-corrected chi connectivity index (χ4v) is 4.05. The lowest BCUT2D eigenvalue weighted by Crippen LogP contribution is -2.23. The molecule has 0 saturated carbocycles. The minimum Gasteiger partial charge on any atom is -0.496 e. The van der Waals surface area contributed by atoms with Gasteiger partial charge in [-0.3, -0.25) is 4.79 Å². The van der Waals surface area contributed by atoms with E-state index in [1.807, 2.05) is 18.2 Å². The summed E-state index contributed by atoms with van der Waals surface area (Å²) in [5.74, 6) is -0.299. The van der Waals surface area contributed by atoms with Crippen LogP contribution in [-0.2, 0) is 19.4 Å². The quantitative estimate of drug-likeness (QED) is 0.614. The lowest BCUT2D eigenvalue weighted by molar-refractivity contribution is 0.0693. The highest BCUT2D eigenvalue weighted by molar-refractivity contribution is 5.99. The Hall–Kier alpha value is -3.28. The molecule has 1 atom stereocenters. The highest BCUT2D eigenvalue weighted by Gasteiger charge is 2.20. The Bertz CT molecular complexity index is 1100. The fourth-order valence-electron chi connectivity index (χ4n) is 4.05. The number of aromatic nitrogens is 1. The summed E-state index contributed by atoms with van der Waals surface area (Å²) in [4.78, 5) is 27.5. The van der Waals surface area contributed by atoms with Crippen molar-refractivity contribution in [2.45, 2.75) is 32.7 Å². The van der Waals surface area contributed by atoms with Crippen molar-refractivity contribution >= 4 is 22.8 Å². The molecule has 1 heterocycles. The Labute approximate surface area is 168 Å². The van der Waals surface area contributed by atoms with Crippen LogP contribution in [0.1, 0.15) is 50.9 Å². The largest absolute Gasteiger partial charge is 0.496 e. The number of hydrogen-bond donors (Lipinski definition) is 3. The van der Waals surface area contributed by atoms with Crippen molar-refractivity contribution in [3.05, 3.63) is 64.3 Å². The van der Waals surface area contributed by atoms with Crippen LogP contribution in [-0.4, -0.2) is 29.1 Å². The number of amides is 1. The maximum atomic E-state index is 12.7. The first-order chi connectivity index (χ1) is 14.0. The maximum absolute atomic E-state index is 12.7. The van der Waals surface area contributed by atoms with Crippen LogP contribution in [0.25, 0.3) is 10.9 Å². The number of benzene rings is 2. The molecule has 0 radical (unpaired) electrons. The molecule has 0 unspecified atom stereocenters. The third kappa shape index (κ3) is 3.70. The van der Waals surface area contributed by atoms with E-state index in [1.54, 1.807) is 12.1 Å². The fraction of sp³-hybridized carbons (Fsp3) is 0.304. The first-order valence-electron chi connectivity index (χ1n) is 9.78. The zero-order valence-electron chi connectivity index (χ0n) is 16.5. The van der Waals surface area contributed by atoms with Gasteiger partial charge < -0.3 is 20.1 Å². The van der Waals surface area contributed by atoms with Crippen LogP contribution in [0, 0.1) is 5.92 Å². The number of rotatable bonds is 5. The van der Waals surface area contributed by atoms with Crippen LogP contribution >= 0.6 is 0 Å². The van der Waals surface area contributed by atoms with E-state index in [0.717, 1.165) is 23.7 Å². The molecule has 0 fully saturated rings. The SMILES string of the molecule is COc1ccc(CNC(=O)c2ccc3[nH]c4c(c3c2)C[C@H](C)CC4)cc1C(=O)O. The van der Waals surface area contributed by atoms with Crippen molar-refractivity contribution in [1.29, 1.82) is 0 Å². The van der Waals surface area contributed by atoms with E-state index in [0.29, 0.717) is 22.8 Å². The van der Waals surface area contributed by atoms with Crippen LogP contribution in [0.3, 0.4) is 0 Å². The first kappa shape index (κ1) is 19.1. The number of carboxylic acid groups (broad SMARTS) is 1. The summed E-state index contributed by atoms with van der Waals surface area (Å²) in [6.07, 6.45) is 3.27. The second-order valence-corrected chi connectivity index (χ2v) is 7.71. The summed E-state index contributed by atoms with van der Waals surface area (Å²) in [7, 11) is 1.43. The van der Waals surface area contributed by atoms with Crippen LogP contribution in [0.5, 0.6) is 5.75 Å². The summed E-state index contributed by atoms with van der Waals surface area (Å²) in [6, 6.07) is 10.6. The van der Waals surface area contributed by atoms with Crippen molar-refractivity contribution in [3.63, 3.8) is 0 Å². The van der Waals surface area contributed by atoms with Gasteiger partial charge in [0.15, 0.2) is 0 Å². The molecule has 1 amide bonds. The average molecular weight is 392 g/mol. The number of fused-ring (bicyclic) bond motifs is 3. The number of aromatic carboxylic acids is 1. The van der Waals surface area contributed by atoms with E-state index in [4.69, 9.17) is 4.74 Å². The van der Waals surface area contributed by atoms with E-state index in [1.165, 1.54) is 30.9 Å². The standard InChI is InChI=1S/C23H24N2O4/c1-13-3-6-19-16(9-13)17-11-15(5-7-20(17)25-19)22(26)24-12-14-4-8-21(29-2)18(10-14)23(27)28/h4-5,7-8,10-11,13,25H,3,6,9,12H2,1-2H3,(H,24,26)(H,27,28)/t13-/m1/s1. The predicted molar refractivity (Wildman–Crippen MR) is 111 cm³/mol. The van der Waals surface area contributed by atoms with Gasteiger partial charge in [0.05, 0.1) is 7.11 Å². The summed E-state index contributed by atoms with van der Waals surface area (Å²) >= 11 is 0. The third-order valence-electron chi connectivity index (χ3n) is 5.64. The number of ether oxygens (including phenoxy) is 1. The Balaban J connectivity index is 1.53. The number of carbonyl (C=O) groups is 2. The summed E-state index contributed by atoms with van der Waals surface area (Å²) in [5.41, 5.74) is 5.07. The van der Waals surface area contributed by atoms with Gasteiger partial charge in [0.2, 0.25) is 0 Å². The van der Waals surface area contributed by atoms with Crippen molar-refractivity contribution in [1.82, 2.24) is 10.3 Å². The zero-order valence-corrected chi connectivity index (χ0v) is 16.5. The average Bonchev–Trinajstić information content (AvgIpc) is 3.08. The van der Waals surface area contributed by atoms with Gasteiger partial charge in [-0.15, -0.1) is 0 Å². The Kier molecular flexibility index (Phi) is 5.01. The number of hydrogen-bond acceptors (Lipinski definition) is 3. The van der Waals surface area contributed by atoms with Crippen LogP contribution in [0.15, 0.2) is 36.4 Å². The molecule has 3 N–H and O–H groups in total. The van der Waals surface area contributed by atoms with Gasteiger partial charge in [0, 0.05) is 28.7 Å². The zero-order chi connectivity index (χ0) is 20.5. The minimum absolute atomic E-state index is 0.0775. The van der Waals surface area contributed by atoms with E-state index >= 15 is 0 Å². The number of aromatic amines is 1. The number of carbonyl (C=O) groups excluding carboxylic acids is 1. The second kappa shape index (κ2) is 7.62. The Morgan fingerprint density at radius 3 is 2.83 bits per heavy atom. The molecule has 1 aliphatic rings. The Morgan fingerprint density at radius 2 is 2.07 bits per heavy atom. The van der Waals surface area contributed by atoms with Gasteiger partial charge >= 0.3 is 5.97 Å². The highest BCUT2D eigenvalue weighted by Crippen LogP contribution is 2.32. The van der Waals surface area contributed by atoms with E-state index in [-0.39, 0.29) is 18.0 Å². The molecule has 150 valence electrons. The molecule has 1 aliphatic carbocycles. The molecular weight excluding hydrogens is 368 g/mol. The topological polar surface area (TPSA) is 91.4 Å². The molecule has 1 aromatic heterocycles. The molecule has 6 heteroatoms. The van der Waals surface area contributed by atoms with Crippen LogP contribution in [0.4, 0.5) is 0 Å². The summed E-state index contributed by atoms with van der Waals surface area (Å²) in [6.45, 7) is 2.50. The van der Waals surface area contributed by atoms with E-state index in [2.05, 4.69) is 17.2 Å². The second-order valence-electron chi connectivity index (χ2n) is 7.71. The maximum Gasteiger partial charge on any atom is 0.339 e. The van der Waals surface area contributed by atoms with Crippen LogP contribution in [0.2, 0.25) is 0 Å². The van der Waals surface area contributed by atoms with E-state index < -0.39 is 5.97 Å². The van der Waals surface area contributed by atoms with Gasteiger partial charge in [-0.1, -0.05) is 13.0 Å². The van der Waals surface area contributed by atoms with Gasteiger partial charge in [-0.05, 0) is 66.6 Å². The van der Waals surface area contributed by atoms with Crippen molar-refractivity contribution in [2.24, 2.45) is 5.92 Å². The highest BCUT2D eigenvalue weighted by atomic mass is 16.5.